The lowest BCUT2D eigenvalue weighted by molar-refractivity contribution is 0.00526. The van der Waals surface area contributed by atoms with Gasteiger partial charge in [-0.15, -0.1) is 0 Å². The number of benzene rings is 1. The molecule has 0 radical (unpaired) electrons. The summed E-state index contributed by atoms with van der Waals surface area (Å²) in [5.41, 5.74) is 1.25. The average Bonchev–Trinajstić information content (AvgIpc) is 2.52. The number of hydrogen-bond donors (Lipinski definition) is 2. The van der Waals surface area contributed by atoms with Crippen LogP contribution in [0.1, 0.15) is 67.8 Å². The van der Waals surface area contributed by atoms with E-state index in [1.165, 1.54) is 24.8 Å². The lowest BCUT2D eigenvalue weighted by atomic mass is 9.85. The van der Waals surface area contributed by atoms with Gasteiger partial charge in [-0.05, 0) is 43.4 Å². The van der Waals surface area contributed by atoms with Crippen LogP contribution in [0.4, 0.5) is 0 Å². The van der Waals surface area contributed by atoms with Crippen molar-refractivity contribution in [1.29, 1.82) is 0 Å². The lowest BCUT2D eigenvalue weighted by Gasteiger charge is -2.32. The third kappa shape index (κ3) is 4.85. The Hall–Kier alpha value is -1.35. The van der Waals surface area contributed by atoms with E-state index < -0.39 is 5.60 Å². The molecule has 116 valence electrons. The predicted molar refractivity (Wildman–Crippen MR) is 85.4 cm³/mol. The van der Waals surface area contributed by atoms with Crippen molar-refractivity contribution in [2.45, 2.75) is 63.9 Å². The molecule has 0 bridgehead atoms. The SMILES string of the molecule is CCCCc1ccc(C(=O)NCC2(O)CCCCC2)cc1. The van der Waals surface area contributed by atoms with E-state index in [1.807, 2.05) is 24.3 Å². The molecule has 1 fully saturated rings. The number of rotatable bonds is 6. The Morgan fingerprint density at radius 1 is 1.19 bits per heavy atom. The van der Waals surface area contributed by atoms with E-state index in [4.69, 9.17) is 0 Å². The second-order valence-electron chi connectivity index (χ2n) is 6.27. The van der Waals surface area contributed by atoms with Crippen LogP contribution in [0.25, 0.3) is 0 Å². The first-order chi connectivity index (χ1) is 10.1. The number of carbonyl (C=O) groups excluding carboxylic acids is 1. The fourth-order valence-corrected chi connectivity index (χ4v) is 2.94. The Morgan fingerprint density at radius 2 is 1.86 bits per heavy atom. The molecular weight excluding hydrogens is 262 g/mol. The zero-order chi connectivity index (χ0) is 15.1. The van der Waals surface area contributed by atoms with Gasteiger partial charge in [0.05, 0.1) is 5.60 Å². The molecule has 3 nitrogen and oxygen atoms in total. The zero-order valence-corrected chi connectivity index (χ0v) is 13.0. The molecule has 0 unspecified atom stereocenters. The standard InChI is InChI=1S/C18H27NO2/c1-2-3-7-15-8-10-16(11-9-15)17(20)19-14-18(21)12-5-4-6-13-18/h8-11,21H,2-7,12-14H2,1H3,(H,19,20). The van der Waals surface area contributed by atoms with Gasteiger partial charge in [0.2, 0.25) is 0 Å². The summed E-state index contributed by atoms with van der Waals surface area (Å²) in [5.74, 6) is -0.0870. The molecule has 1 aromatic carbocycles. The van der Waals surface area contributed by atoms with E-state index in [0.717, 1.165) is 32.1 Å². The van der Waals surface area contributed by atoms with E-state index in [0.29, 0.717) is 12.1 Å². The van der Waals surface area contributed by atoms with E-state index in [1.54, 1.807) is 0 Å². The molecular formula is C18H27NO2. The molecule has 0 atom stereocenters. The molecule has 0 aromatic heterocycles. The number of hydrogen-bond acceptors (Lipinski definition) is 2. The maximum atomic E-state index is 12.1. The van der Waals surface area contributed by atoms with Gasteiger partial charge in [-0.25, -0.2) is 0 Å². The van der Waals surface area contributed by atoms with Crippen LogP contribution in [0.5, 0.6) is 0 Å². The highest BCUT2D eigenvalue weighted by molar-refractivity contribution is 5.94. The van der Waals surface area contributed by atoms with Crippen LogP contribution in [0.2, 0.25) is 0 Å². The molecule has 2 rings (SSSR count). The van der Waals surface area contributed by atoms with Gasteiger partial charge < -0.3 is 10.4 Å². The number of amides is 1. The first-order valence-corrected chi connectivity index (χ1v) is 8.22. The molecule has 1 aromatic rings. The van der Waals surface area contributed by atoms with Crippen molar-refractivity contribution >= 4 is 5.91 Å². The van der Waals surface area contributed by atoms with Crippen molar-refractivity contribution in [1.82, 2.24) is 5.32 Å². The molecule has 1 aliphatic rings. The number of carbonyl (C=O) groups is 1. The molecule has 3 heteroatoms. The van der Waals surface area contributed by atoms with Gasteiger partial charge in [0.25, 0.3) is 5.91 Å². The van der Waals surface area contributed by atoms with Crippen molar-refractivity contribution in [2.24, 2.45) is 0 Å². The second-order valence-corrected chi connectivity index (χ2v) is 6.27. The average molecular weight is 289 g/mol. The minimum absolute atomic E-state index is 0.0870. The molecule has 1 saturated carbocycles. The fourth-order valence-electron chi connectivity index (χ4n) is 2.94. The van der Waals surface area contributed by atoms with Crippen molar-refractivity contribution in [3.63, 3.8) is 0 Å². The Bertz CT molecular complexity index is 447. The van der Waals surface area contributed by atoms with Crippen molar-refractivity contribution < 1.29 is 9.90 Å². The van der Waals surface area contributed by atoms with Gasteiger partial charge in [-0.1, -0.05) is 44.7 Å². The third-order valence-electron chi connectivity index (χ3n) is 4.40. The summed E-state index contributed by atoms with van der Waals surface area (Å²) in [7, 11) is 0. The van der Waals surface area contributed by atoms with Crippen LogP contribution >= 0.6 is 0 Å². The smallest absolute Gasteiger partial charge is 0.251 e. The molecule has 0 heterocycles. The van der Waals surface area contributed by atoms with Crippen molar-refractivity contribution in [3.05, 3.63) is 35.4 Å². The monoisotopic (exact) mass is 289 g/mol. The summed E-state index contributed by atoms with van der Waals surface area (Å²) in [6, 6.07) is 7.82. The number of nitrogens with one attached hydrogen (secondary N) is 1. The summed E-state index contributed by atoms with van der Waals surface area (Å²) >= 11 is 0. The summed E-state index contributed by atoms with van der Waals surface area (Å²) in [4.78, 5) is 12.1. The van der Waals surface area contributed by atoms with E-state index in [2.05, 4.69) is 12.2 Å². The summed E-state index contributed by atoms with van der Waals surface area (Å²) in [6.07, 6.45) is 8.32. The normalized spacial score (nSPS) is 17.4. The van der Waals surface area contributed by atoms with E-state index in [9.17, 15) is 9.90 Å². The van der Waals surface area contributed by atoms with Gasteiger partial charge in [-0.2, -0.15) is 0 Å². The largest absolute Gasteiger partial charge is 0.388 e. The highest BCUT2D eigenvalue weighted by Crippen LogP contribution is 2.27. The number of aliphatic hydroxyl groups is 1. The van der Waals surface area contributed by atoms with Crippen molar-refractivity contribution in [3.8, 4) is 0 Å². The Labute approximate surface area is 127 Å². The molecule has 0 aliphatic heterocycles. The summed E-state index contributed by atoms with van der Waals surface area (Å²) in [6.45, 7) is 2.54. The lowest BCUT2D eigenvalue weighted by Crippen LogP contribution is -2.44. The molecule has 21 heavy (non-hydrogen) atoms. The minimum atomic E-state index is -0.699. The minimum Gasteiger partial charge on any atom is -0.388 e. The van der Waals surface area contributed by atoms with Crippen LogP contribution in [0.15, 0.2) is 24.3 Å². The van der Waals surface area contributed by atoms with Crippen LogP contribution in [0.3, 0.4) is 0 Å². The predicted octanol–water partition coefficient (Wildman–Crippen LogP) is 3.45. The molecule has 0 saturated heterocycles. The van der Waals surface area contributed by atoms with E-state index >= 15 is 0 Å². The third-order valence-corrected chi connectivity index (χ3v) is 4.40. The number of unbranched alkanes of at least 4 members (excludes halogenated alkanes) is 1. The molecule has 1 aliphatic carbocycles. The highest BCUT2D eigenvalue weighted by Gasteiger charge is 2.29. The fraction of sp³-hybridized carbons (Fsp3) is 0.611. The molecule has 0 spiro atoms. The quantitative estimate of drug-likeness (QED) is 0.842. The molecule has 2 N–H and O–H groups in total. The summed E-state index contributed by atoms with van der Waals surface area (Å²) < 4.78 is 0. The van der Waals surface area contributed by atoms with Crippen LogP contribution in [0, 0.1) is 0 Å². The van der Waals surface area contributed by atoms with Gasteiger partial charge in [0.1, 0.15) is 0 Å². The van der Waals surface area contributed by atoms with Crippen molar-refractivity contribution in [2.75, 3.05) is 6.54 Å². The maximum absolute atomic E-state index is 12.1. The van der Waals surface area contributed by atoms with Gasteiger partial charge in [0, 0.05) is 12.1 Å². The maximum Gasteiger partial charge on any atom is 0.251 e. The topological polar surface area (TPSA) is 49.3 Å². The first kappa shape index (κ1) is 16.0. The van der Waals surface area contributed by atoms with E-state index in [-0.39, 0.29) is 5.91 Å². The second kappa shape index (κ2) is 7.60. The van der Waals surface area contributed by atoms with Crippen LogP contribution in [-0.2, 0) is 6.42 Å². The summed E-state index contributed by atoms with van der Waals surface area (Å²) in [5, 5.41) is 13.3. The Balaban J connectivity index is 1.85. The van der Waals surface area contributed by atoms with Crippen LogP contribution < -0.4 is 5.32 Å². The van der Waals surface area contributed by atoms with Gasteiger partial charge in [-0.3, -0.25) is 4.79 Å². The van der Waals surface area contributed by atoms with Gasteiger partial charge in [0.15, 0.2) is 0 Å². The highest BCUT2D eigenvalue weighted by atomic mass is 16.3. The number of aryl methyl sites for hydroxylation is 1. The van der Waals surface area contributed by atoms with Crippen LogP contribution in [-0.4, -0.2) is 23.2 Å². The Kier molecular flexibility index (Phi) is 5.80. The zero-order valence-electron chi connectivity index (χ0n) is 13.0. The van der Waals surface area contributed by atoms with Gasteiger partial charge >= 0.3 is 0 Å². The molecule has 1 amide bonds. The Morgan fingerprint density at radius 3 is 2.48 bits per heavy atom. The first-order valence-electron chi connectivity index (χ1n) is 8.22.